The van der Waals surface area contributed by atoms with E-state index in [0.717, 1.165) is 27.9 Å². The summed E-state index contributed by atoms with van der Waals surface area (Å²) in [7, 11) is 0. The Balaban J connectivity index is 2.10. The van der Waals surface area contributed by atoms with E-state index in [9.17, 15) is 0 Å². The van der Waals surface area contributed by atoms with E-state index < -0.39 is 0 Å². The summed E-state index contributed by atoms with van der Waals surface area (Å²) in [5.41, 5.74) is 4.62. The predicted molar refractivity (Wildman–Crippen MR) is 87.3 cm³/mol. The summed E-state index contributed by atoms with van der Waals surface area (Å²) in [5, 5.41) is 0. The summed E-state index contributed by atoms with van der Waals surface area (Å²) < 4.78 is 3.22. The van der Waals surface area contributed by atoms with Gasteiger partial charge in [-0.2, -0.15) is 0 Å². The molecule has 3 rings (SSSR count). The molecule has 0 radical (unpaired) electrons. The highest BCUT2D eigenvalue weighted by Gasteiger charge is 2.10. The molecule has 2 aromatic carbocycles. The van der Waals surface area contributed by atoms with Crippen LogP contribution < -0.4 is 0 Å². The molecule has 1 heterocycles. The molecule has 3 aromatic rings. The highest BCUT2D eigenvalue weighted by Crippen LogP contribution is 2.23. The molecule has 0 amide bonds. The van der Waals surface area contributed by atoms with Crippen LogP contribution in [0.2, 0.25) is 0 Å². The van der Waals surface area contributed by atoms with Crippen molar-refractivity contribution >= 4 is 38.6 Å². The Hall–Kier alpha value is -1.32. The van der Waals surface area contributed by atoms with Crippen molar-refractivity contribution in [2.24, 2.45) is 0 Å². The second-order valence-corrected chi connectivity index (χ2v) is 6.05. The van der Waals surface area contributed by atoms with Gasteiger partial charge in [-0.1, -0.05) is 45.8 Å². The lowest BCUT2D eigenvalue weighted by molar-refractivity contribution is 0.778. The van der Waals surface area contributed by atoms with Gasteiger partial charge in [0.25, 0.3) is 0 Å². The van der Waals surface area contributed by atoms with E-state index in [1.54, 1.807) is 0 Å². The molecule has 4 heteroatoms. The second kappa shape index (κ2) is 5.58. The zero-order chi connectivity index (χ0) is 14.1. The topological polar surface area (TPSA) is 17.8 Å². The third-order valence-electron chi connectivity index (χ3n) is 3.33. The first-order valence-electron chi connectivity index (χ1n) is 6.43. The summed E-state index contributed by atoms with van der Waals surface area (Å²) in [4.78, 5) is 4.61. The van der Waals surface area contributed by atoms with E-state index in [4.69, 9.17) is 11.6 Å². The minimum atomic E-state index is 0.415. The lowest BCUT2D eigenvalue weighted by Gasteiger charge is -2.08. The lowest BCUT2D eigenvalue weighted by Crippen LogP contribution is -2.03. The molecule has 0 atom stereocenters. The largest absolute Gasteiger partial charge is 0.322 e. The number of aryl methyl sites for hydroxylation is 1. The molecule has 0 saturated heterocycles. The second-order valence-electron chi connectivity index (χ2n) is 4.87. The first-order valence-corrected chi connectivity index (χ1v) is 7.76. The summed E-state index contributed by atoms with van der Waals surface area (Å²) >= 11 is 9.53. The van der Waals surface area contributed by atoms with Crippen molar-refractivity contribution in [2.75, 3.05) is 0 Å². The van der Waals surface area contributed by atoms with Crippen molar-refractivity contribution < 1.29 is 0 Å². The van der Waals surface area contributed by atoms with Gasteiger partial charge in [-0.3, -0.25) is 0 Å². The van der Waals surface area contributed by atoms with Crippen LogP contribution in [0.3, 0.4) is 0 Å². The fourth-order valence-corrected chi connectivity index (χ4v) is 2.98. The van der Waals surface area contributed by atoms with Gasteiger partial charge in [-0.25, -0.2) is 4.98 Å². The normalized spacial score (nSPS) is 11.2. The van der Waals surface area contributed by atoms with E-state index in [1.807, 2.05) is 12.1 Å². The average molecular weight is 350 g/mol. The van der Waals surface area contributed by atoms with Crippen molar-refractivity contribution in [2.45, 2.75) is 19.3 Å². The molecule has 0 saturated carbocycles. The summed E-state index contributed by atoms with van der Waals surface area (Å²) in [6.07, 6.45) is 0. The number of rotatable bonds is 3. The highest BCUT2D eigenvalue weighted by atomic mass is 79.9. The molecule has 0 N–H and O–H groups in total. The Labute approximate surface area is 131 Å². The Bertz CT molecular complexity index is 764. The Morgan fingerprint density at radius 2 is 2.05 bits per heavy atom. The van der Waals surface area contributed by atoms with Gasteiger partial charge in [0.05, 0.1) is 16.9 Å². The number of alkyl halides is 1. The van der Waals surface area contributed by atoms with E-state index in [0.29, 0.717) is 5.88 Å². The fourth-order valence-electron chi connectivity index (χ4n) is 2.42. The van der Waals surface area contributed by atoms with E-state index in [2.05, 4.69) is 62.7 Å². The molecule has 20 heavy (non-hydrogen) atoms. The molecule has 0 spiro atoms. The maximum atomic E-state index is 6.05. The molecule has 1 aromatic heterocycles. The standard InChI is InChI=1S/C16H14BrClN2/c1-11-3-2-4-12(7-11)10-20-15-6-5-13(17)8-14(15)19-16(20)9-18/h2-8H,9-10H2,1H3. The first kappa shape index (κ1) is 13.7. The minimum absolute atomic E-state index is 0.415. The van der Waals surface area contributed by atoms with Gasteiger partial charge in [0.1, 0.15) is 5.82 Å². The fraction of sp³-hybridized carbons (Fsp3) is 0.188. The van der Waals surface area contributed by atoms with Crippen molar-refractivity contribution in [1.29, 1.82) is 0 Å². The van der Waals surface area contributed by atoms with Crippen LogP contribution >= 0.6 is 27.5 Å². The molecular weight excluding hydrogens is 336 g/mol. The number of benzene rings is 2. The molecule has 0 bridgehead atoms. The number of imidazole rings is 1. The van der Waals surface area contributed by atoms with Gasteiger partial charge in [-0.05, 0) is 30.7 Å². The molecule has 0 fully saturated rings. The molecular formula is C16H14BrClN2. The van der Waals surface area contributed by atoms with E-state index in [-0.39, 0.29) is 0 Å². The van der Waals surface area contributed by atoms with Crippen LogP contribution in [0, 0.1) is 6.92 Å². The SMILES string of the molecule is Cc1cccc(Cn2c(CCl)nc3cc(Br)ccc32)c1. The van der Waals surface area contributed by atoms with Gasteiger partial charge in [0.15, 0.2) is 0 Å². The van der Waals surface area contributed by atoms with Gasteiger partial charge >= 0.3 is 0 Å². The number of halogens is 2. The van der Waals surface area contributed by atoms with Crippen molar-refractivity contribution in [1.82, 2.24) is 9.55 Å². The summed E-state index contributed by atoms with van der Waals surface area (Å²) in [6.45, 7) is 2.90. The monoisotopic (exact) mass is 348 g/mol. The van der Waals surface area contributed by atoms with Crippen LogP contribution in [-0.2, 0) is 12.4 Å². The number of hydrogen-bond donors (Lipinski definition) is 0. The van der Waals surface area contributed by atoms with Gasteiger partial charge < -0.3 is 4.57 Å². The van der Waals surface area contributed by atoms with Crippen LogP contribution in [-0.4, -0.2) is 9.55 Å². The molecule has 0 aliphatic rings. The zero-order valence-corrected chi connectivity index (χ0v) is 13.4. The Morgan fingerprint density at radius 3 is 2.80 bits per heavy atom. The van der Waals surface area contributed by atoms with Gasteiger partial charge in [0, 0.05) is 11.0 Å². The third kappa shape index (κ3) is 2.60. The molecule has 0 aliphatic heterocycles. The van der Waals surface area contributed by atoms with Crippen molar-refractivity contribution in [3.63, 3.8) is 0 Å². The van der Waals surface area contributed by atoms with Gasteiger partial charge in [-0.15, -0.1) is 11.6 Å². The Morgan fingerprint density at radius 1 is 1.20 bits per heavy atom. The first-order chi connectivity index (χ1) is 9.67. The summed E-state index contributed by atoms with van der Waals surface area (Å²) in [6, 6.07) is 14.7. The van der Waals surface area contributed by atoms with E-state index >= 15 is 0 Å². The van der Waals surface area contributed by atoms with Crippen molar-refractivity contribution in [3.8, 4) is 0 Å². The van der Waals surface area contributed by atoms with Crippen LogP contribution in [0.5, 0.6) is 0 Å². The molecule has 102 valence electrons. The highest BCUT2D eigenvalue weighted by molar-refractivity contribution is 9.10. The third-order valence-corrected chi connectivity index (χ3v) is 4.06. The number of aromatic nitrogens is 2. The lowest BCUT2D eigenvalue weighted by atomic mass is 10.1. The quantitative estimate of drug-likeness (QED) is 0.615. The average Bonchev–Trinajstić information content (AvgIpc) is 2.76. The van der Waals surface area contributed by atoms with E-state index in [1.165, 1.54) is 11.1 Å². The number of hydrogen-bond acceptors (Lipinski definition) is 1. The zero-order valence-electron chi connectivity index (χ0n) is 11.1. The smallest absolute Gasteiger partial charge is 0.125 e. The molecule has 0 aliphatic carbocycles. The number of nitrogens with zero attached hydrogens (tertiary/aromatic N) is 2. The van der Waals surface area contributed by atoms with Crippen LogP contribution in [0.4, 0.5) is 0 Å². The van der Waals surface area contributed by atoms with Crippen LogP contribution in [0.25, 0.3) is 11.0 Å². The minimum Gasteiger partial charge on any atom is -0.322 e. The molecule has 2 nitrogen and oxygen atoms in total. The van der Waals surface area contributed by atoms with Gasteiger partial charge in [0.2, 0.25) is 0 Å². The summed E-state index contributed by atoms with van der Waals surface area (Å²) in [5.74, 6) is 1.32. The maximum absolute atomic E-state index is 6.05. The number of fused-ring (bicyclic) bond motifs is 1. The molecule has 0 unspecified atom stereocenters. The van der Waals surface area contributed by atoms with Crippen molar-refractivity contribution in [3.05, 3.63) is 63.9 Å². The van der Waals surface area contributed by atoms with Crippen LogP contribution in [0.1, 0.15) is 17.0 Å². The Kier molecular flexibility index (Phi) is 3.81. The van der Waals surface area contributed by atoms with Crippen LogP contribution in [0.15, 0.2) is 46.9 Å². The maximum Gasteiger partial charge on any atom is 0.125 e. The predicted octanol–water partition coefficient (Wildman–Crippen LogP) is 4.89.